The van der Waals surface area contributed by atoms with Crippen molar-refractivity contribution in [2.45, 2.75) is 38.3 Å². The fourth-order valence-corrected chi connectivity index (χ4v) is 3.07. The lowest BCUT2D eigenvalue weighted by molar-refractivity contribution is -0.140. The smallest absolute Gasteiger partial charge is 0.434 e. The Balaban J connectivity index is 1.68. The maximum absolute atomic E-state index is 13.2. The van der Waals surface area contributed by atoms with Gasteiger partial charge in [-0.25, -0.2) is 4.98 Å². The molecular weight excluding hydrogens is 369 g/mol. The molecule has 3 aromatic rings. The van der Waals surface area contributed by atoms with Crippen molar-refractivity contribution in [3.8, 4) is 17.1 Å². The summed E-state index contributed by atoms with van der Waals surface area (Å²) in [4.78, 5) is 3.85. The minimum Gasteiger partial charge on any atom is -0.489 e. The van der Waals surface area contributed by atoms with E-state index in [4.69, 9.17) is 4.74 Å². The quantitative estimate of drug-likeness (QED) is 0.648. The highest BCUT2D eigenvalue weighted by Gasteiger charge is 2.37. The number of hydrogen-bond acceptors (Lipinski definition) is 3. The fraction of sp³-hybridized carbons (Fsp3) is 0.286. The zero-order chi connectivity index (χ0) is 19.7. The average Bonchev–Trinajstić information content (AvgIpc) is 3.43. The first kappa shape index (κ1) is 18.6. The third-order valence-electron chi connectivity index (χ3n) is 4.70. The molecule has 1 aliphatic carbocycles. The van der Waals surface area contributed by atoms with E-state index < -0.39 is 11.9 Å². The monoisotopic (exact) mass is 388 g/mol. The third kappa shape index (κ3) is 3.89. The first-order chi connectivity index (χ1) is 13.5. The largest absolute Gasteiger partial charge is 0.489 e. The van der Waals surface area contributed by atoms with Gasteiger partial charge in [0.1, 0.15) is 18.2 Å². The van der Waals surface area contributed by atoms with Crippen molar-refractivity contribution in [2.24, 2.45) is 0 Å². The average molecular weight is 388 g/mol. The highest BCUT2D eigenvalue weighted by molar-refractivity contribution is 5.61. The van der Waals surface area contributed by atoms with Gasteiger partial charge in [0.25, 0.3) is 0 Å². The Kier molecular flexibility index (Phi) is 4.85. The van der Waals surface area contributed by atoms with E-state index in [1.165, 1.54) is 0 Å². The van der Waals surface area contributed by atoms with Gasteiger partial charge >= 0.3 is 6.18 Å². The summed E-state index contributed by atoms with van der Waals surface area (Å²) in [5.74, 6) is 0.701. The molecule has 0 amide bonds. The van der Waals surface area contributed by atoms with Crippen molar-refractivity contribution in [1.29, 1.82) is 0 Å². The van der Waals surface area contributed by atoms with Gasteiger partial charge in [0.05, 0.1) is 6.61 Å². The van der Waals surface area contributed by atoms with E-state index in [1.54, 1.807) is 22.8 Å². The maximum atomic E-state index is 13.2. The predicted molar refractivity (Wildman–Crippen MR) is 97.6 cm³/mol. The highest BCUT2D eigenvalue weighted by atomic mass is 19.4. The van der Waals surface area contributed by atoms with Gasteiger partial charge in [-0.15, -0.1) is 0 Å². The normalized spacial score (nSPS) is 14.3. The van der Waals surface area contributed by atoms with Gasteiger partial charge in [0.15, 0.2) is 5.69 Å². The molecule has 0 bridgehead atoms. The van der Waals surface area contributed by atoms with Crippen molar-refractivity contribution < 1.29 is 23.0 Å². The van der Waals surface area contributed by atoms with Gasteiger partial charge in [-0.3, -0.25) is 0 Å². The number of aliphatic hydroxyl groups is 1. The summed E-state index contributed by atoms with van der Waals surface area (Å²) < 4.78 is 46.9. The number of halogens is 3. The fourth-order valence-electron chi connectivity index (χ4n) is 3.07. The molecule has 0 radical (unpaired) electrons. The Morgan fingerprint density at radius 1 is 1.11 bits per heavy atom. The second kappa shape index (κ2) is 7.31. The molecule has 1 heterocycles. The summed E-state index contributed by atoms with van der Waals surface area (Å²) >= 11 is 0. The van der Waals surface area contributed by atoms with Crippen LogP contribution in [0.2, 0.25) is 0 Å². The number of hydrogen-bond donors (Lipinski definition) is 1. The number of benzene rings is 2. The number of ether oxygens (including phenoxy) is 1. The Hall–Kier alpha value is -2.80. The van der Waals surface area contributed by atoms with Crippen LogP contribution in [-0.4, -0.2) is 14.7 Å². The Morgan fingerprint density at radius 3 is 2.50 bits per heavy atom. The Morgan fingerprint density at radius 2 is 1.86 bits per heavy atom. The van der Waals surface area contributed by atoms with Gasteiger partial charge in [-0.05, 0) is 24.5 Å². The molecule has 1 N–H and O–H groups in total. The van der Waals surface area contributed by atoms with Crippen molar-refractivity contribution in [1.82, 2.24) is 9.55 Å². The first-order valence-electron chi connectivity index (χ1n) is 9.02. The molecule has 1 fully saturated rings. The van der Waals surface area contributed by atoms with Crippen LogP contribution in [0.3, 0.4) is 0 Å². The van der Waals surface area contributed by atoms with Gasteiger partial charge in [-0.1, -0.05) is 42.5 Å². The highest BCUT2D eigenvalue weighted by Crippen LogP contribution is 2.41. The van der Waals surface area contributed by atoms with E-state index in [1.807, 2.05) is 30.3 Å². The molecule has 0 unspecified atom stereocenters. The van der Waals surface area contributed by atoms with Crippen molar-refractivity contribution in [3.63, 3.8) is 0 Å². The van der Waals surface area contributed by atoms with Crippen LogP contribution in [0, 0.1) is 0 Å². The lowest BCUT2D eigenvalue weighted by atomic mass is 10.1. The van der Waals surface area contributed by atoms with Crippen LogP contribution in [0.1, 0.15) is 35.7 Å². The summed E-state index contributed by atoms with van der Waals surface area (Å²) in [5.41, 5.74) is 1.16. The summed E-state index contributed by atoms with van der Waals surface area (Å²) in [6.07, 6.45) is -1.73. The lowest BCUT2D eigenvalue weighted by Crippen LogP contribution is -2.05. The van der Waals surface area contributed by atoms with Crippen LogP contribution >= 0.6 is 0 Å². The van der Waals surface area contributed by atoms with Crippen LogP contribution in [-0.2, 0) is 19.4 Å². The summed E-state index contributed by atoms with van der Waals surface area (Å²) in [7, 11) is 0. The van der Waals surface area contributed by atoms with Crippen LogP contribution < -0.4 is 4.74 Å². The maximum Gasteiger partial charge on any atom is 0.434 e. The molecule has 4 nitrogen and oxygen atoms in total. The molecule has 0 aliphatic heterocycles. The summed E-state index contributed by atoms with van der Waals surface area (Å²) in [6, 6.07) is 14.5. The van der Waals surface area contributed by atoms with Crippen molar-refractivity contribution >= 4 is 0 Å². The Labute approximate surface area is 160 Å². The second-order valence-corrected chi connectivity index (χ2v) is 6.84. The molecule has 7 heteroatoms. The standard InChI is InChI=1S/C21H19F3N2O2/c22-21(23,24)19-11-26(17-8-9-17)20(25-19)15-6-7-16(12-27)18(10-15)28-13-14-4-2-1-3-5-14/h1-7,10-11,17,27H,8-9,12-13H2. The first-order valence-corrected chi connectivity index (χ1v) is 9.02. The zero-order valence-electron chi connectivity index (χ0n) is 15.0. The molecule has 1 aromatic heterocycles. The zero-order valence-corrected chi connectivity index (χ0v) is 15.0. The number of nitrogens with zero attached hydrogens (tertiary/aromatic N) is 2. The van der Waals surface area contributed by atoms with Gasteiger partial charge in [-0.2, -0.15) is 13.2 Å². The number of aromatic nitrogens is 2. The van der Waals surface area contributed by atoms with Crippen LogP contribution in [0.4, 0.5) is 13.2 Å². The van der Waals surface area contributed by atoms with Crippen LogP contribution in [0.25, 0.3) is 11.4 Å². The summed E-state index contributed by atoms with van der Waals surface area (Å²) in [5, 5.41) is 9.59. The summed E-state index contributed by atoms with van der Waals surface area (Å²) in [6.45, 7) is 0.0669. The molecule has 0 atom stereocenters. The van der Waals surface area contributed by atoms with Crippen molar-refractivity contribution in [2.75, 3.05) is 0 Å². The van der Waals surface area contributed by atoms with E-state index in [9.17, 15) is 18.3 Å². The van der Waals surface area contributed by atoms with Gasteiger partial charge in [0, 0.05) is 23.4 Å². The molecule has 1 saturated carbocycles. The number of rotatable bonds is 6. The lowest BCUT2D eigenvalue weighted by Gasteiger charge is -2.13. The molecule has 0 saturated heterocycles. The number of aliphatic hydroxyl groups excluding tert-OH is 1. The molecule has 146 valence electrons. The van der Waals surface area contributed by atoms with Crippen LogP contribution in [0.5, 0.6) is 5.75 Å². The number of alkyl halides is 3. The van der Waals surface area contributed by atoms with E-state index in [0.717, 1.165) is 24.6 Å². The van der Waals surface area contributed by atoms with Gasteiger partial charge < -0.3 is 14.4 Å². The molecule has 4 rings (SSSR count). The molecule has 2 aromatic carbocycles. The predicted octanol–water partition coefficient (Wildman–Crippen LogP) is 4.98. The minimum absolute atomic E-state index is 0.0461. The molecule has 28 heavy (non-hydrogen) atoms. The van der Waals surface area contributed by atoms with E-state index in [2.05, 4.69) is 4.98 Å². The topological polar surface area (TPSA) is 47.3 Å². The van der Waals surface area contributed by atoms with E-state index in [0.29, 0.717) is 23.5 Å². The number of imidazole rings is 1. The minimum atomic E-state index is -4.49. The van der Waals surface area contributed by atoms with E-state index in [-0.39, 0.29) is 18.5 Å². The molecule has 0 spiro atoms. The SMILES string of the molecule is OCc1ccc(-c2nc(C(F)(F)F)cn2C2CC2)cc1OCc1ccccc1. The molecular formula is C21H19F3N2O2. The van der Waals surface area contributed by atoms with Crippen molar-refractivity contribution in [3.05, 3.63) is 71.5 Å². The van der Waals surface area contributed by atoms with Gasteiger partial charge in [0.2, 0.25) is 0 Å². The van der Waals surface area contributed by atoms with Crippen LogP contribution in [0.15, 0.2) is 54.7 Å². The third-order valence-corrected chi connectivity index (χ3v) is 4.70. The second-order valence-electron chi connectivity index (χ2n) is 6.84. The van der Waals surface area contributed by atoms with E-state index >= 15 is 0 Å². The molecule has 1 aliphatic rings. The Bertz CT molecular complexity index is 964.